The first-order valence-electron chi connectivity index (χ1n) is 9.40. The van der Waals surface area contributed by atoms with Gasteiger partial charge in [0.25, 0.3) is 0 Å². The van der Waals surface area contributed by atoms with Gasteiger partial charge in [0.15, 0.2) is 0 Å². The molecule has 150 valence electrons. The molecule has 1 aliphatic rings. The maximum atomic E-state index is 12.5. The topological polar surface area (TPSA) is 64.6 Å². The maximum Gasteiger partial charge on any atom is 0.341 e. The fourth-order valence-corrected chi connectivity index (χ4v) is 5.36. The summed E-state index contributed by atoms with van der Waals surface area (Å²) in [6.07, 6.45) is 2.86. The first kappa shape index (κ1) is 20.7. The number of thiophene rings is 1. The van der Waals surface area contributed by atoms with Gasteiger partial charge in [-0.05, 0) is 61.9 Å². The van der Waals surface area contributed by atoms with Crippen LogP contribution in [0.15, 0.2) is 29.2 Å². The number of benzene rings is 1. The van der Waals surface area contributed by atoms with Gasteiger partial charge < -0.3 is 14.8 Å². The van der Waals surface area contributed by atoms with E-state index in [-0.39, 0.29) is 17.6 Å². The molecule has 0 saturated carbocycles. The van der Waals surface area contributed by atoms with E-state index in [0.717, 1.165) is 35.5 Å². The van der Waals surface area contributed by atoms with E-state index >= 15 is 0 Å². The average Bonchev–Trinajstić information content (AvgIpc) is 3.03. The molecule has 0 bridgehead atoms. The number of thioether (sulfide) groups is 1. The number of nitrogens with one attached hydrogen (secondary N) is 1. The first-order valence-corrected chi connectivity index (χ1v) is 11.2. The summed E-state index contributed by atoms with van der Waals surface area (Å²) in [5, 5.41) is 3.57. The number of carbonyl (C=O) groups excluding carboxylic acids is 2. The quantitative estimate of drug-likeness (QED) is 0.516. The first-order chi connectivity index (χ1) is 13.5. The predicted molar refractivity (Wildman–Crippen MR) is 114 cm³/mol. The Morgan fingerprint density at radius 2 is 2.04 bits per heavy atom. The molecule has 3 rings (SSSR count). The van der Waals surface area contributed by atoms with Crippen molar-refractivity contribution in [1.29, 1.82) is 0 Å². The highest BCUT2D eigenvalue weighted by atomic mass is 32.2. The third-order valence-corrected chi connectivity index (χ3v) is 6.86. The van der Waals surface area contributed by atoms with Gasteiger partial charge in [0, 0.05) is 9.77 Å². The Morgan fingerprint density at radius 3 is 2.71 bits per heavy atom. The number of anilines is 1. The largest absolute Gasteiger partial charge is 0.497 e. The number of ether oxygens (including phenoxy) is 2. The van der Waals surface area contributed by atoms with Crippen LogP contribution in [0, 0.1) is 5.92 Å². The van der Waals surface area contributed by atoms with Gasteiger partial charge in [0.1, 0.15) is 10.8 Å². The van der Waals surface area contributed by atoms with Crippen LogP contribution in [0.5, 0.6) is 5.75 Å². The number of esters is 1. The van der Waals surface area contributed by atoms with Crippen molar-refractivity contribution in [2.75, 3.05) is 24.8 Å². The number of carbonyl (C=O) groups is 2. The molecule has 28 heavy (non-hydrogen) atoms. The molecule has 0 radical (unpaired) electrons. The van der Waals surface area contributed by atoms with Crippen LogP contribution >= 0.6 is 23.1 Å². The Morgan fingerprint density at radius 1 is 1.29 bits per heavy atom. The van der Waals surface area contributed by atoms with Crippen LogP contribution in [0.1, 0.15) is 41.1 Å². The lowest BCUT2D eigenvalue weighted by molar-refractivity contribution is -0.113. The molecular formula is C21H25NO4S2. The smallest absolute Gasteiger partial charge is 0.341 e. The highest BCUT2D eigenvalue weighted by molar-refractivity contribution is 8.00. The summed E-state index contributed by atoms with van der Waals surface area (Å²) in [5.41, 5.74) is 1.61. The Bertz CT molecular complexity index is 845. The number of methoxy groups -OCH3 is 1. The Balaban J connectivity index is 1.71. The van der Waals surface area contributed by atoms with Gasteiger partial charge in [-0.15, -0.1) is 23.1 Å². The molecule has 1 aromatic carbocycles. The van der Waals surface area contributed by atoms with Crippen molar-refractivity contribution < 1.29 is 19.1 Å². The molecule has 1 N–H and O–H groups in total. The number of hydrogen-bond donors (Lipinski definition) is 1. The van der Waals surface area contributed by atoms with E-state index in [4.69, 9.17) is 9.47 Å². The van der Waals surface area contributed by atoms with Crippen LogP contribution < -0.4 is 10.1 Å². The second-order valence-corrected chi connectivity index (χ2v) is 8.94. The normalized spacial score (nSPS) is 15.6. The summed E-state index contributed by atoms with van der Waals surface area (Å²) >= 11 is 2.96. The van der Waals surface area contributed by atoms with Crippen LogP contribution in [0.3, 0.4) is 0 Å². The van der Waals surface area contributed by atoms with Gasteiger partial charge >= 0.3 is 5.97 Å². The summed E-state index contributed by atoms with van der Waals surface area (Å²) in [6, 6.07) is 7.58. The third kappa shape index (κ3) is 4.89. The minimum absolute atomic E-state index is 0.127. The standard InChI is InChI=1S/C21H25NO4S2/c1-4-26-21(24)19-16-10-5-13(2)11-17(16)28-20(19)22-18(23)12-27-15-8-6-14(25-3)7-9-15/h6-9,13H,4-5,10-12H2,1-3H3,(H,22,23). The summed E-state index contributed by atoms with van der Waals surface area (Å²) in [7, 11) is 1.62. The fourth-order valence-electron chi connectivity index (χ4n) is 3.24. The summed E-state index contributed by atoms with van der Waals surface area (Å²) < 4.78 is 10.4. The maximum absolute atomic E-state index is 12.5. The van der Waals surface area contributed by atoms with Gasteiger partial charge in [0.2, 0.25) is 5.91 Å². The molecule has 1 aliphatic carbocycles. The zero-order chi connectivity index (χ0) is 20.1. The zero-order valence-electron chi connectivity index (χ0n) is 16.4. The highest BCUT2D eigenvalue weighted by Crippen LogP contribution is 2.40. The molecule has 0 fully saturated rings. The number of amides is 1. The van der Waals surface area contributed by atoms with E-state index in [0.29, 0.717) is 23.1 Å². The van der Waals surface area contributed by atoms with E-state index in [2.05, 4.69) is 12.2 Å². The van der Waals surface area contributed by atoms with Crippen LogP contribution in [-0.4, -0.2) is 31.3 Å². The SMILES string of the molecule is CCOC(=O)c1c(NC(=O)CSc2ccc(OC)cc2)sc2c1CCC(C)C2. The fraction of sp³-hybridized carbons (Fsp3) is 0.429. The highest BCUT2D eigenvalue weighted by Gasteiger charge is 2.29. The minimum atomic E-state index is -0.340. The van der Waals surface area contributed by atoms with E-state index in [1.807, 2.05) is 24.3 Å². The molecule has 1 atom stereocenters. The monoisotopic (exact) mass is 419 g/mol. The van der Waals surface area contributed by atoms with Crippen LogP contribution in [-0.2, 0) is 22.4 Å². The predicted octanol–water partition coefficient (Wildman–Crippen LogP) is 4.79. The third-order valence-electron chi connectivity index (χ3n) is 4.67. The van der Waals surface area contributed by atoms with Crippen molar-refractivity contribution in [3.8, 4) is 5.75 Å². The van der Waals surface area contributed by atoms with Gasteiger partial charge in [-0.2, -0.15) is 0 Å². The van der Waals surface area contributed by atoms with Crippen LogP contribution in [0.2, 0.25) is 0 Å². The Labute approximate surface area is 173 Å². The van der Waals surface area contributed by atoms with Gasteiger partial charge in [-0.3, -0.25) is 4.79 Å². The summed E-state index contributed by atoms with van der Waals surface area (Å²) in [6.45, 7) is 4.33. The van der Waals surface area contributed by atoms with Crippen molar-refractivity contribution >= 4 is 40.0 Å². The second-order valence-electron chi connectivity index (χ2n) is 6.79. The van der Waals surface area contributed by atoms with Crippen molar-refractivity contribution in [3.05, 3.63) is 40.3 Å². The van der Waals surface area contributed by atoms with Crippen molar-refractivity contribution in [3.63, 3.8) is 0 Å². The van der Waals surface area contributed by atoms with Crippen molar-refractivity contribution in [1.82, 2.24) is 0 Å². The van der Waals surface area contributed by atoms with E-state index in [1.165, 1.54) is 28.0 Å². The molecule has 1 heterocycles. The second kappa shape index (κ2) is 9.47. The molecule has 1 amide bonds. The number of hydrogen-bond acceptors (Lipinski definition) is 6. The Hall–Kier alpha value is -1.99. The Kier molecular flexibility index (Phi) is 7.02. The number of fused-ring (bicyclic) bond motifs is 1. The number of rotatable bonds is 7. The molecule has 0 aliphatic heterocycles. The van der Waals surface area contributed by atoms with E-state index < -0.39 is 0 Å². The summed E-state index contributed by atoms with van der Waals surface area (Å²) in [5.74, 6) is 1.18. The minimum Gasteiger partial charge on any atom is -0.497 e. The molecule has 7 heteroatoms. The van der Waals surface area contributed by atoms with E-state index in [9.17, 15) is 9.59 Å². The zero-order valence-corrected chi connectivity index (χ0v) is 18.0. The van der Waals surface area contributed by atoms with Crippen molar-refractivity contribution in [2.45, 2.75) is 38.0 Å². The van der Waals surface area contributed by atoms with Gasteiger partial charge in [-0.1, -0.05) is 6.92 Å². The van der Waals surface area contributed by atoms with Gasteiger partial charge in [-0.25, -0.2) is 4.79 Å². The molecule has 0 spiro atoms. The molecule has 1 unspecified atom stereocenters. The van der Waals surface area contributed by atoms with Crippen LogP contribution in [0.4, 0.5) is 5.00 Å². The molecular weight excluding hydrogens is 394 g/mol. The molecule has 2 aromatic rings. The van der Waals surface area contributed by atoms with E-state index in [1.54, 1.807) is 14.0 Å². The average molecular weight is 420 g/mol. The van der Waals surface area contributed by atoms with Crippen LogP contribution in [0.25, 0.3) is 0 Å². The van der Waals surface area contributed by atoms with Crippen molar-refractivity contribution in [2.24, 2.45) is 5.92 Å². The molecule has 0 saturated heterocycles. The van der Waals surface area contributed by atoms with Gasteiger partial charge in [0.05, 0.1) is 25.0 Å². The lowest BCUT2D eigenvalue weighted by Gasteiger charge is -2.18. The lowest BCUT2D eigenvalue weighted by Crippen LogP contribution is -2.17. The lowest BCUT2D eigenvalue weighted by atomic mass is 9.88. The molecule has 5 nitrogen and oxygen atoms in total. The summed E-state index contributed by atoms with van der Waals surface area (Å²) in [4.78, 5) is 27.2. The molecule has 1 aromatic heterocycles.